The van der Waals surface area contributed by atoms with E-state index in [0.29, 0.717) is 5.52 Å². The maximum absolute atomic E-state index is 9.75. The SMILES string of the molecule is Oc1ccc(I)c2nc3ccccc3nc12. The first-order chi connectivity index (χ1) is 7.75. The number of fused-ring (bicyclic) bond motifs is 2. The fourth-order valence-electron chi connectivity index (χ4n) is 1.66. The predicted octanol–water partition coefficient (Wildman–Crippen LogP) is 3.09. The molecule has 16 heavy (non-hydrogen) atoms. The Kier molecular flexibility index (Phi) is 2.17. The summed E-state index contributed by atoms with van der Waals surface area (Å²) in [5, 5.41) is 9.75. The molecule has 3 rings (SSSR count). The summed E-state index contributed by atoms with van der Waals surface area (Å²) in [4.78, 5) is 8.93. The van der Waals surface area contributed by atoms with Gasteiger partial charge in [-0.1, -0.05) is 12.1 Å². The molecule has 0 bridgehead atoms. The van der Waals surface area contributed by atoms with Crippen LogP contribution in [0, 0.1) is 3.57 Å². The zero-order valence-electron chi connectivity index (χ0n) is 8.18. The van der Waals surface area contributed by atoms with Gasteiger partial charge in [0.15, 0.2) is 0 Å². The van der Waals surface area contributed by atoms with E-state index in [0.717, 1.165) is 20.1 Å². The quantitative estimate of drug-likeness (QED) is 0.511. The van der Waals surface area contributed by atoms with Crippen LogP contribution in [0.4, 0.5) is 0 Å². The lowest BCUT2D eigenvalue weighted by Gasteiger charge is -2.03. The summed E-state index contributed by atoms with van der Waals surface area (Å²) in [6.45, 7) is 0. The van der Waals surface area contributed by atoms with Gasteiger partial charge in [-0.3, -0.25) is 0 Å². The number of aromatic hydroxyl groups is 1. The molecule has 0 aliphatic carbocycles. The molecule has 0 spiro atoms. The van der Waals surface area contributed by atoms with E-state index in [9.17, 15) is 5.11 Å². The lowest BCUT2D eigenvalue weighted by molar-refractivity contribution is 0.480. The van der Waals surface area contributed by atoms with Gasteiger partial charge in [0.25, 0.3) is 0 Å². The lowest BCUT2D eigenvalue weighted by atomic mass is 10.2. The number of benzene rings is 2. The molecule has 78 valence electrons. The van der Waals surface area contributed by atoms with Gasteiger partial charge in [-0.05, 0) is 46.9 Å². The fourth-order valence-corrected chi connectivity index (χ4v) is 2.21. The second kappa shape index (κ2) is 3.55. The monoisotopic (exact) mass is 322 g/mol. The zero-order chi connectivity index (χ0) is 11.1. The Hall–Kier alpha value is -1.43. The van der Waals surface area contributed by atoms with Gasteiger partial charge in [0.1, 0.15) is 16.8 Å². The number of hydrogen-bond acceptors (Lipinski definition) is 3. The lowest BCUT2D eigenvalue weighted by Crippen LogP contribution is -1.89. The number of para-hydroxylation sites is 2. The number of phenolic OH excluding ortho intramolecular Hbond substituents is 1. The van der Waals surface area contributed by atoms with Crippen molar-refractivity contribution in [2.75, 3.05) is 0 Å². The van der Waals surface area contributed by atoms with Crippen LogP contribution in [0.25, 0.3) is 22.1 Å². The molecule has 0 aliphatic heterocycles. The second-order valence-corrected chi connectivity index (χ2v) is 4.64. The second-order valence-electron chi connectivity index (χ2n) is 3.48. The van der Waals surface area contributed by atoms with E-state index in [2.05, 4.69) is 32.6 Å². The number of aromatic nitrogens is 2. The van der Waals surface area contributed by atoms with Crippen LogP contribution < -0.4 is 0 Å². The maximum atomic E-state index is 9.75. The summed E-state index contributed by atoms with van der Waals surface area (Å²) in [5.41, 5.74) is 2.95. The van der Waals surface area contributed by atoms with Crippen LogP contribution >= 0.6 is 22.6 Å². The largest absolute Gasteiger partial charge is 0.506 e. The average Bonchev–Trinajstić information content (AvgIpc) is 2.32. The minimum Gasteiger partial charge on any atom is -0.506 e. The predicted molar refractivity (Wildman–Crippen MR) is 71.4 cm³/mol. The van der Waals surface area contributed by atoms with Crippen molar-refractivity contribution in [3.63, 3.8) is 0 Å². The van der Waals surface area contributed by atoms with Crippen molar-refractivity contribution in [1.29, 1.82) is 0 Å². The number of nitrogens with zero attached hydrogens (tertiary/aromatic N) is 2. The Labute approximate surface area is 105 Å². The third-order valence-electron chi connectivity index (χ3n) is 2.43. The van der Waals surface area contributed by atoms with Crippen molar-refractivity contribution in [2.45, 2.75) is 0 Å². The smallest absolute Gasteiger partial charge is 0.143 e. The first-order valence-electron chi connectivity index (χ1n) is 4.80. The van der Waals surface area contributed by atoms with Gasteiger partial charge in [-0.25, -0.2) is 9.97 Å². The van der Waals surface area contributed by atoms with Crippen molar-refractivity contribution in [3.8, 4) is 5.75 Å². The first kappa shape index (κ1) is 9.77. The Balaban J connectivity index is 2.56. The van der Waals surface area contributed by atoms with Crippen LogP contribution in [0.2, 0.25) is 0 Å². The molecule has 3 nitrogen and oxygen atoms in total. The van der Waals surface area contributed by atoms with Crippen LogP contribution in [0.15, 0.2) is 36.4 Å². The Bertz CT molecular complexity index is 637. The van der Waals surface area contributed by atoms with Crippen molar-refractivity contribution in [3.05, 3.63) is 40.0 Å². The van der Waals surface area contributed by atoms with Gasteiger partial charge in [-0.2, -0.15) is 0 Å². The molecular formula is C12H7IN2O. The Morgan fingerprint density at radius 1 is 0.875 bits per heavy atom. The van der Waals surface area contributed by atoms with E-state index < -0.39 is 0 Å². The molecule has 3 aromatic rings. The highest BCUT2D eigenvalue weighted by Gasteiger charge is 2.07. The van der Waals surface area contributed by atoms with Gasteiger partial charge in [0.05, 0.1) is 11.0 Å². The highest BCUT2D eigenvalue weighted by molar-refractivity contribution is 14.1. The average molecular weight is 322 g/mol. The molecule has 0 amide bonds. The summed E-state index contributed by atoms with van der Waals surface area (Å²) < 4.78 is 0.989. The van der Waals surface area contributed by atoms with E-state index in [1.165, 1.54) is 0 Å². The number of phenols is 1. The van der Waals surface area contributed by atoms with Gasteiger partial charge in [0, 0.05) is 3.57 Å². The number of halogens is 1. The normalized spacial score (nSPS) is 11.1. The summed E-state index contributed by atoms with van der Waals surface area (Å²) >= 11 is 2.19. The summed E-state index contributed by atoms with van der Waals surface area (Å²) in [5.74, 6) is 0.175. The molecule has 0 aliphatic rings. The molecule has 0 atom stereocenters. The maximum Gasteiger partial charge on any atom is 0.143 e. The van der Waals surface area contributed by atoms with E-state index in [-0.39, 0.29) is 5.75 Å². The molecule has 1 aromatic heterocycles. The van der Waals surface area contributed by atoms with E-state index >= 15 is 0 Å². The minimum atomic E-state index is 0.175. The molecule has 2 aromatic carbocycles. The van der Waals surface area contributed by atoms with E-state index in [4.69, 9.17) is 0 Å². The van der Waals surface area contributed by atoms with Crippen LogP contribution in [-0.4, -0.2) is 15.1 Å². The number of rotatable bonds is 0. The summed E-state index contributed by atoms with van der Waals surface area (Å²) in [6, 6.07) is 11.1. The molecule has 0 fully saturated rings. The fraction of sp³-hybridized carbons (Fsp3) is 0. The highest BCUT2D eigenvalue weighted by atomic mass is 127. The van der Waals surface area contributed by atoms with Crippen molar-refractivity contribution in [1.82, 2.24) is 9.97 Å². The third-order valence-corrected chi connectivity index (χ3v) is 3.30. The van der Waals surface area contributed by atoms with E-state index in [1.807, 2.05) is 30.3 Å². The van der Waals surface area contributed by atoms with Gasteiger partial charge in [0.2, 0.25) is 0 Å². The molecule has 0 radical (unpaired) electrons. The third kappa shape index (κ3) is 1.41. The van der Waals surface area contributed by atoms with Crippen molar-refractivity contribution < 1.29 is 5.11 Å². The molecule has 1 N–H and O–H groups in total. The van der Waals surface area contributed by atoms with Crippen molar-refractivity contribution in [2.24, 2.45) is 0 Å². The summed E-state index contributed by atoms with van der Waals surface area (Å²) in [7, 11) is 0. The molecule has 0 saturated carbocycles. The van der Waals surface area contributed by atoms with E-state index in [1.54, 1.807) is 6.07 Å². The summed E-state index contributed by atoms with van der Waals surface area (Å²) in [6.07, 6.45) is 0. The van der Waals surface area contributed by atoms with Crippen LogP contribution in [0.3, 0.4) is 0 Å². The Morgan fingerprint density at radius 3 is 2.19 bits per heavy atom. The molecule has 4 heteroatoms. The molecule has 1 heterocycles. The molecular weight excluding hydrogens is 315 g/mol. The van der Waals surface area contributed by atoms with Gasteiger partial charge < -0.3 is 5.11 Å². The standard InChI is InChI=1S/C12H7IN2O/c13-7-5-6-10(16)12-11(7)14-8-3-1-2-4-9(8)15-12/h1-6,16H. The first-order valence-corrected chi connectivity index (χ1v) is 5.87. The van der Waals surface area contributed by atoms with Crippen molar-refractivity contribution >= 4 is 44.7 Å². The van der Waals surface area contributed by atoms with Crippen LogP contribution in [-0.2, 0) is 0 Å². The van der Waals surface area contributed by atoms with Crippen LogP contribution in [0.5, 0.6) is 5.75 Å². The number of hydrogen-bond donors (Lipinski definition) is 1. The Morgan fingerprint density at radius 2 is 1.50 bits per heavy atom. The minimum absolute atomic E-state index is 0.175. The van der Waals surface area contributed by atoms with Gasteiger partial charge >= 0.3 is 0 Å². The van der Waals surface area contributed by atoms with Crippen LogP contribution in [0.1, 0.15) is 0 Å². The topological polar surface area (TPSA) is 46.0 Å². The highest BCUT2D eigenvalue weighted by Crippen LogP contribution is 2.27. The zero-order valence-corrected chi connectivity index (χ0v) is 10.3. The molecule has 0 saturated heterocycles. The molecule has 0 unspecified atom stereocenters. The van der Waals surface area contributed by atoms with Gasteiger partial charge in [-0.15, -0.1) is 0 Å².